The van der Waals surface area contributed by atoms with Gasteiger partial charge in [-0.15, -0.1) is 0 Å². The lowest BCUT2D eigenvalue weighted by molar-refractivity contribution is -0.123. The highest BCUT2D eigenvalue weighted by Crippen LogP contribution is 2.63. The largest absolute Gasteiger partial charge is 0.495 e. The van der Waals surface area contributed by atoms with Crippen molar-refractivity contribution in [3.05, 3.63) is 131 Å². The van der Waals surface area contributed by atoms with Crippen molar-refractivity contribution in [2.24, 2.45) is 16.9 Å². The second kappa shape index (κ2) is 9.55. The number of methoxy groups -OCH3 is 1. The Labute approximate surface area is 237 Å². The van der Waals surface area contributed by atoms with E-state index in [1.807, 2.05) is 84.9 Å². The predicted molar refractivity (Wildman–Crippen MR) is 155 cm³/mol. The highest BCUT2D eigenvalue weighted by atomic mass is 16.5. The number of carbonyl (C=O) groups is 3. The number of rotatable bonds is 6. The first-order valence-electron chi connectivity index (χ1n) is 13.6. The van der Waals surface area contributed by atoms with Crippen LogP contribution in [0.1, 0.15) is 33.7 Å². The Hall–Kier alpha value is -5.04. The van der Waals surface area contributed by atoms with Gasteiger partial charge in [-0.2, -0.15) is 5.10 Å². The van der Waals surface area contributed by atoms with Crippen LogP contribution in [0.25, 0.3) is 0 Å². The van der Waals surface area contributed by atoms with Gasteiger partial charge in [-0.25, -0.2) is 10.3 Å². The maximum absolute atomic E-state index is 14.5. The van der Waals surface area contributed by atoms with E-state index < -0.39 is 17.3 Å². The third kappa shape index (κ3) is 3.58. The molecule has 202 valence electrons. The summed E-state index contributed by atoms with van der Waals surface area (Å²) in [6, 6.07) is 32.4. The number of carbonyl (C=O) groups excluding carboxylic acids is 3. The fraction of sp³-hybridized carbons (Fsp3) is 0.176. The molecule has 1 fully saturated rings. The topological polar surface area (TPSA) is 88.1 Å². The van der Waals surface area contributed by atoms with Crippen LogP contribution in [0.3, 0.4) is 0 Å². The van der Waals surface area contributed by atoms with Gasteiger partial charge in [0.15, 0.2) is 0 Å². The lowest BCUT2D eigenvalue weighted by Crippen LogP contribution is -2.54. The third-order valence-corrected chi connectivity index (χ3v) is 8.67. The van der Waals surface area contributed by atoms with Gasteiger partial charge < -0.3 is 4.74 Å². The van der Waals surface area contributed by atoms with Gasteiger partial charge in [0.1, 0.15) is 5.75 Å². The van der Waals surface area contributed by atoms with Gasteiger partial charge in [0.25, 0.3) is 0 Å². The van der Waals surface area contributed by atoms with E-state index in [9.17, 15) is 14.4 Å². The molecule has 4 aliphatic rings. The van der Waals surface area contributed by atoms with Gasteiger partial charge in [0.2, 0.25) is 17.7 Å². The summed E-state index contributed by atoms with van der Waals surface area (Å²) in [4.78, 5) is 42.9. The van der Waals surface area contributed by atoms with Gasteiger partial charge in [-0.3, -0.25) is 14.4 Å². The first-order valence-corrected chi connectivity index (χ1v) is 13.6. The van der Waals surface area contributed by atoms with Crippen molar-refractivity contribution in [1.29, 1.82) is 0 Å². The molecular formula is C34H27N3O4. The Morgan fingerprint density at radius 1 is 0.854 bits per heavy atom. The lowest BCUT2D eigenvalue weighted by atomic mass is 9.47. The molecule has 7 nitrogen and oxygen atoms in total. The van der Waals surface area contributed by atoms with E-state index >= 15 is 0 Å². The molecule has 4 aromatic carbocycles. The molecule has 0 radical (unpaired) electrons. The normalized spacial score (nSPS) is 23.7. The number of nitrogens with zero attached hydrogens (tertiary/aromatic N) is 2. The summed E-state index contributed by atoms with van der Waals surface area (Å²) in [6.07, 6.45) is 1.85. The molecule has 8 rings (SSSR count). The monoisotopic (exact) mass is 541 g/mol. The molecule has 1 aliphatic heterocycles. The zero-order valence-corrected chi connectivity index (χ0v) is 22.4. The smallest absolute Gasteiger partial charge is 0.244 e. The van der Waals surface area contributed by atoms with Crippen LogP contribution in [-0.2, 0) is 26.2 Å². The van der Waals surface area contributed by atoms with Crippen LogP contribution in [0.15, 0.2) is 108 Å². The second-order valence-corrected chi connectivity index (χ2v) is 10.7. The summed E-state index contributed by atoms with van der Waals surface area (Å²) in [6.45, 7) is 0. The highest BCUT2D eigenvalue weighted by Gasteiger charge is 2.68. The molecule has 2 bridgehead atoms. The van der Waals surface area contributed by atoms with Crippen molar-refractivity contribution in [2.75, 3.05) is 12.0 Å². The molecule has 0 aromatic heterocycles. The Balaban J connectivity index is 1.37. The zero-order valence-electron chi connectivity index (χ0n) is 22.4. The van der Waals surface area contributed by atoms with E-state index in [-0.39, 0.29) is 30.1 Å². The summed E-state index contributed by atoms with van der Waals surface area (Å²) in [7, 11) is 1.53. The van der Waals surface area contributed by atoms with Crippen LogP contribution in [0.5, 0.6) is 5.75 Å². The number of hydrogen-bond acceptors (Lipinski definition) is 5. The molecule has 1 N–H and O–H groups in total. The average molecular weight is 542 g/mol. The third-order valence-electron chi connectivity index (χ3n) is 8.67. The maximum atomic E-state index is 14.5. The average Bonchev–Trinajstić information content (AvgIpc) is 3.28. The molecule has 0 spiro atoms. The summed E-state index contributed by atoms with van der Waals surface area (Å²) in [5.74, 6) is -2.05. The summed E-state index contributed by atoms with van der Waals surface area (Å²) >= 11 is 0. The molecule has 41 heavy (non-hydrogen) atoms. The maximum Gasteiger partial charge on any atom is 0.244 e. The van der Waals surface area contributed by atoms with E-state index in [4.69, 9.17) is 4.74 Å². The van der Waals surface area contributed by atoms with E-state index in [1.165, 1.54) is 12.0 Å². The van der Waals surface area contributed by atoms with Crippen LogP contribution < -0.4 is 15.1 Å². The quantitative estimate of drug-likeness (QED) is 0.220. The molecule has 3 aliphatic carbocycles. The number of imide groups is 1. The number of para-hydroxylation sites is 2. The van der Waals surface area contributed by atoms with Crippen molar-refractivity contribution >= 4 is 29.6 Å². The minimum Gasteiger partial charge on any atom is -0.495 e. The minimum atomic E-state index is -1.06. The van der Waals surface area contributed by atoms with Crippen molar-refractivity contribution in [3.63, 3.8) is 0 Å². The summed E-state index contributed by atoms with van der Waals surface area (Å²) in [5, 5.41) is 4.48. The van der Waals surface area contributed by atoms with Crippen LogP contribution in [-0.4, -0.2) is 31.0 Å². The van der Waals surface area contributed by atoms with Crippen molar-refractivity contribution in [3.8, 4) is 5.75 Å². The Bertz CT molecular complexity index is 1680. The number of ether oxygens (including phenoxy) is 1. The first kappa shape index (κ1) is 25.0. The second-order valence-electron chi connectivity index (χ2n) is 10.7. The Kier molecular flexibility index (Phi) is 5.82. The first-order chi connectivity index (χ1) is 20.1. The number of hydrazone groups is 1. The van der Waals surface area contributed by atoms with E-state index in [0.717, 1.165) is 27.8 Å². The molecule has 1 saturated heterocycles. The van der Waals surface area contributed by atoms with Gasteiger partial charge in [-0.1, -0.05) is 91.0 Å². The van der Waals surface area contributed by atoms with Gasteiger partial charge >= 0.3 is 0 Å². The van der Waals surface area contributed by atoms with E-state index in [2.05, 4.69) is 10.5 Å². The van der Waals surface area contributed by atoms with E-state index in [1.54, 1.807) is 24.4 Å². The number of benzene rings is 4. The molecule has 3 amide bonds. The zero-order chi connectivity index (χ0) is 28.1. The number of hydrogen-bond donors (Lipinski definition) is 1. The minimum absolute atomic E-state index is 0.172. The van der Waals surface area contributed by atoms with Crippen LogP contribution in [0.2, 0.25) is 0 Å². The van der Waals surface area contributed by atoms with Crippen LogP contribution >= 0.6 is 0 Å². The molecule has 0 saturated carbocycles. The van der Waals surface area contributed by atoms with Gasteiger partial charge in [0, 0.05) is 12.1 Å². The standard InChI is InChI=1S/C34H27N3O4/c1-41-27-18-10-9-17-26(27)37-32(39)30-29-22-13-5-7-15-24(22)34(31(30)33(37)40,25-16-8-6-14-23(25)29)20-35-36-28(38)19-21-11-3-2-4-12-21/h2-18,20,29-31H,19H2,1H3,(H,36,38)/b35-20-/t29?,30-,31+,34?/m1/s1. The van der Waals surface area contributed by atoms with Crippen molar-refractivity contribution in [2.45, 2.75) is 17.8 Å². The number of nitrogens with one attached hydrogen (secondary N) is 1. The van der Waals surface area contributed by atoms with Crippen LogP contribution in [0, 0.1) is 11.8 Å². The number of anilines is 1. The molecular weight excluding hydrogens is 514 g/mol. The fourth-order valence-corrected chi connectivity index (χ4v) is 7.13. The van der Waals surface area contributed by atoms with Crippen molar-refractivity contribution < 1.29 is 19.1 Å². The van der Waals surface area contributed by atoms with Crippen molar-refractivity contribution in [1.82, 2.24) is 5.43 Å². The molecule has 4 aromatic rings. The molecule has 0 unspecified atom stereocenters. The lowest BCUT2D eigenvalue weighted by Gasteiger charge is -2.52. The Morgan fingerprint density at radius 2 is 1.46 bits per heavy atom. The van der Waals surface area contributed by atoms with Gasteiger partial charge in [0.05, 0.1) is 36.5 Å². The van der Waals surface area contributed by atoms with E-state index in [0.29, 0.717) is 11.4 Å². The predicted octanol–water partition coefficient (Wildman–Crippen LogP) is 4.59. The number of amides is 3. The Morgan fingerprint density at radius 3 is 2.15 bits per heavy atom. The SMILES string of the molecule is COc1ccccc1N1C(=O)[C@@H]2C3c4ccccc4C(/C=N\NC(=O)Cc4ccccc4)(c4ccccc43)[C@@H]2C1=O. The van der Waals surface area contributed by atoms with Crippen LogP contribution in [0.4, 0.5) is 5.69 Å². The summed E-state index contributed by atoms with van der Waals surface area (Å²) < 4.78 is 5.55. The molecule has 7 heteroatoms. The highest BCUT2D eigenvalue weighted by molar-refractivity contribution is 6.25. The fourth-order valence-electron chi connectivity index (χ4n) is 7.13. The van der Waals surface area contributed by atoms with Gasteiger partial charge in [-0.05, 0) is 39.9 Å². The molecule has 1 heterocycles. The summed E-state index contributed by atoms with van der Waals surface area (Å²) in [5.41, 5.74) is 6.77. The molecule has 2 atom stereocenters.